The molecule has 0 aliphatic heterocycles. The third kappa shape index (κ3) is 2.60. The molecule has 0 atom stereocenters. The molecule has 0 saturated heterocycles. The number of aliphatic imine (C=N–C) groups is 1. The van der Waals surface area contributed by atoms with Crippen molar-refractivity contribution in [3.63, 3.8) is 0 Å². The largest absolute Gasteiger partial charge is 0.507 e. The highest BCUT2D eigenvalue weighted by molar-refractivity contribution is 5.97. The van der Waals surface area contributed by atoms with Crippen molar-refractivity contribution in [3.8, 4) is 5.75 Å². The van der Waals surface area contributed by atoms with Crippen molar-refractivity contribution in [2.75, 3.05) is 0 Å². The van der Waals surface area contributed by atoms with Gasteiger partial charge >= 0.3 is 0 Å². The highest BCUT2D eigenvalue weighted by atomic mass is 19.1. The fourth-order valence-electron chi connectivity index (χ4n) is 2.10. The maximum absolute atomic E-state index is 13.5. The number of halogens is 2. The monoisotopic (exact) mass is 283 g/mol. The van der Waals surface area contributed by atoms with Crippen LogP contribution < -0.4 is 0 Å². The molecule has 0 spiro atoms. The highest BCUT2D eigenvalue weighted by Gasteiger charge is 2.05. The number of nitrogens with zero attached hydrogens (tertiary/aromatic N) is 1. The van der Waals surface area contributed by atoms with Crippen LogP contribution in [0.2, 0.25) is 0 Å². The van der Waals surface area contributed by atoms with Gasteiger partial charge in [-0.2, -0.15) is 0 Å². The first-order valence-corrected chi connectivity index (χ1v) is 6.35. The van der Waals surface area contributed by atoms with Crippen LogP contribution in [0.4, 0.5) is 14.5 Å². The minimum absolute atomic E-state index is 0.0176. The molecule has 0 aliphatic rings. The van der Waals surface area contributed by atoms with Crippen LogP contribution in [0.25, 0.3) is 10.8 Å². The van der Waals surface area contributed by atoms with Gasteiger partial charge in [-0.25, -0.2) is 8.78 Å². The molecule has 0 fully saturated rings. The van der Waals surface area contributed by atoms with Gasteiger partial charge in [0.2, 0.25) is 0 Å². The number of benzene rings is 3. The lowest BCUT2D eigenvalue weighted by Crippen LogP contribution is -1.85. The lowest BCUT2D eigenvalue weighted by Gasteiger charge is -2.04. The summed E-state index contributed by atoms with van der Waals surface area (Å²) in [6.45, 7) is 0. The number of hydrogen-bond acceptors (Lipinski definition) is 2. The molecule has 3 rings (SSSR count). The van der Waals surface area contributed by atoms with Crippen LogP contribution in [0.5, 0.6) is 5.75 Å². The Morgan fingerprint density at radius 1 is 0.952 bits per heavy atom. The third-order valence-corrected chi connectivity index (χ3v) is 3.18. The quantitative estimate of drug-likeness (QED) is 0.686. The average molecular weight is 283 g/mol. The molecule has 21 heavy (non-hydrogen) atoms. The van der Waals surface area contributed by atoms with Crippen LogP contribution in [0.1, 0.15) is 5.56 Å². The maximum Gasteiger partial charge on any atom is 0.151 e. The summed E-state index contributed by atoms with van der Waals surface area (Å²) in [6, 6.07) is 14.1. The molecule has 0 aromatic heterocycles. The van der Waals surface area contributed by atoms with Crippen molar-refractivity contribution < 1.29 is 13.9 Å². The van der Waals surface area contributed by atoms with Crippen LogP contribution in [0.15, 0.2) is 59.6 Å². The summed E-state index contributed by atoms with van der Waals surface area (Å²) < 4.78 is 26.3. The van der Waals surface area contributed by atoms with Gasteiger partial charge in [0.15, 0.2) is 5.82 Å². The van der Waals surface area contributed by atoms with Crippen LogP contribution in [0, 0.1) is 11.6 Å². The van der Waals surface area contributed by atoms with Crippen molar-refractivity contribution in [1.29, 1.82) is 0 Å². The maximum atomic E-state index is 13.5. The normalized spacial score (nSPS) is 11.3. The van der Waals surface area contributed by atoms with Gasteiger partial charge in [0.05, 0.1) is 5.69 Å². The molecule has 2 nitrogen and oxygen atoms in total. The summed E-state index contributed by atoms with van der Waals surface area (Å²) in [5.41, 5.74) is 0.487. The van der Waals surface area contributed by atoms with E-state index in [1.54, 1.807) is 12.1 Å². The van der Waals surface area contributed by atoms with Crippen molar-refractivity contribution in [1.82, 2.24) is 0 Å². The molecule has 1 N–H and O–H groups in total. The zero-order valence-electron chi connectivity index (χ0n) is 10.9. The Hall–Kier alpha value is -2.75. The first-order valence-electron chi connectivity index (χ1n) is 6.35. The molecular weight excluding hydrogens is 272 g/mol. The summed E-state index contributed by atoms with van der Waals surface area (Å²) >= 11 is 0. The lowest BCUT2D eigenvalue weighted by molar-refractivity contribution is 0.481. The minimum Gasteiger partial charge on any atom is -0.507 e. The van der Waals surface area contributed by atoms with E-state index in [9.17, 15) is 13.9 Å². The lowest BCUT2D eigenvalue weighted by atomic mass is 10.1. The summed E-state index contributed by atoms with van der Waals surface area (Å²) in [6.07, 6.45) is 1.36. The van der Waals surface area contributed by atoms with E-state index in [1.165, 1.54) is 12.3 Å². The number of phenolic OH excluding ortho intramolecular Hbond substituents is 1. The summed E-state index contributed by atoms with van der Waals surface area (Å²) in [4.78, 5) is 3.96. The fourth-order valence-corrected chi connectivity index (χ4v) is 2.10. The molecule has 0 aliphatic carbocycles. The predicted molar refractivity (Wildman–Crippen MR) is 79.2 cm³/mol. The smallest absolute Gasteiger partial charge is 0.151 e. The topological polar surface area (TPSA) is 32.6 Å². The Morgan fingerprint density at radius 3 is 2.57 bits per heavy atom. The van der Waals surface area contributed by atoms with Gasteiger partial charge in [-0.1, -0.05) is 30.3 Å². The van der Waals surface area contributed by atoms with E-state index in [4.69, 9.17) is 0 Å². The molecule has 0 radical (unpaired) electrons. The number of fused-ring (bicyclic) bond motifs is 1. The van der Waals surface area contributed by atoms with E-state index < -0.39 is 11.6 Å². The van der Waals surface area contributed by atoms with Crippen molar-refractivity contribution in [3.05, 3.63) is 71.8 Å². The Morgan fingerprint density at radius 2 is 1.76 bits per heavy atom. The zero-order valence-corrected chi connectivity index (χ0v) is 10.9. The molecule has 0 amide bonds. The molecule has 104 valence electrons. The molecule has 3 aromatic carbocycles. The van der Waals surface area contributed by atoms with Crippen molar-refractivity contribution in [2.24, 2.45) is 4.99 Å². The SMILES string of the molecule is Oc1c(C=Nc2ccc(F)cc2F)ccc2ccccc12. The Labute approximate surface area is 120 Å². The second-order valence-corrected chi connectivity index (χ2v) is 4.58. The molecule has 4 heteroatoms. The Balaban J connectivity index is 2.01. The number of rotatable bonds is 2. The van der Waals surface area contributed by atoms with Gasteiger partial charge in [-0.15, -0.1) is 0 Å². The highest BCUT2D eigenvalue weighted by Crippen LogP contribution is 2.28. The average Bonchev–Trinajstić information content (AvgIpc) is 2.48. The number of aromatic hydroxyl groups is 1. The third-order valence-electron chi connectivity index (χ3n) is 3.18. The molecule has 0 bridgehead atoms. The van der Waals surface area contributed by atoms with Gasteiger partial charge in [0.1, 0.15) is 11.6 Å². The molecule has 0 unspecified atom stereocenters. The summed E-state index contributed by atoms with van der Waals surface area (Å²) in [5, 5.41) is 11.8. The number of hydrogen-bond donors (Lipinski definition) is 1. The summed E-state index contributed by atoms with van der Waals surface area (Å²) in [5.74, 6) is -1.31. The van der Waals surface area contributed by atoms with Crippen LogP contribution in [-0.4, -0.2) is 11.3 Å². The van der Waals surface area contributed by atoms with Gasteiger partial charge in [-0.05, 0) is 23.6 Å². The van der Waals surface area contributed by atoms with E-state index in [2.05, 4.69) is 4.99 Å². The van der Waals surface area contributed by atoms with Crippen molar-refractivity contribution in [2.45, 2.75) is 0 Å². The van der Waals surface area contributed by atoms with Gasteiger partial charge < -0.3 is 5.11 Å². The summed E-state index contributed by atoms with van der Waals surface area (Å²) in [7, 11) is 0. The van der Waals surface area contributed by atoms with E-state index in [0.717, 1.165) is 17.5 Å². The van der Waals surface area contributed by atoms with E-state index in [0.29, 0.717) is 10.9 Å². The van der Waals surface area contributed by atoms with E-state index in [-0.39, 0.29) is 11.4 Å². The fraction of sp³-hybridized carbons (Fsp3) is 0. The van der Waals surface area contributed by atoms with Crippen LogP contribution in [-0.2, 0) is 0 Å². The van der Waals surface area contributed by atoms with Gasteiger partial charge in [-0.3, -0.25) is 4.99 Å². The molecule has 0 saturated carbocycles. The minimum atomic E-state index is -0.744. The predicted octanol–water partition coefficient (Wildman–Crippen LogP) is 4.57. The van der Waals surface area contributed by atoms with Gasteiger partial charge in [0, 0.05) is 23.2 Å². The van der Waals surface area contributed by atoms with Crippen LogP contribution in [0.3, 0.4) is 0 Å². The first-order chi connectivity index (χ1) is 10.1. The van der Waals surface area contributed by atoms with Crippen LogP contribution >= 0.6 is 0 Å². The molecule has 3 aromatic rings. The van der Waals surface area contributed by atoms with Crippen molar-refractivity contribution >= 4 is 22.7 Å². The zero-order chi connectivity index (χ0) is 14.8. The standard InChI is InChI=1S/C17H11F2NO/c18-13-7-8-16(15(19)9-13)20-10-12-6-5-11-3-1-2-4-14(11)17(12)21/h1-10,21H. The Bertz CT molecular complexity index is 843. The first kappa shape index (κ1) is 13.2. The Kier molecular flexibility index (Phi) is 3.36. The number of phenols is 1. The molecule has 0 heterocycles. The second kappa shape index (κ2) is 5.32. The van der Waals surface area contributed by atoms with E-state index in [1.807, 2.05) is 24.3 Å². The van der Waals surface area contributed by atoms with Gasteiger partial charge in [0.25, 0.3) is 0 Å². The second-order valence-electron chi connectivity index (χ2n) is 4.58. The van der Waals surface area contributed by atoms with E-state index >= 15 is 0 Å². The molecular formula is C17H11F2NO.